The van der Waals surface area contributed by atoms with Crippen LogP contribution in [0.5, 0.6) is 0 Å². The van der Waals surface area contributed by atoms with Crippen molar-refractivity contribution < 1.29 is 33.3 Å². The van der Waals surface area contributed by atoms with Gasteiger partial charge in [0.05, 0.1) is 0 Å². The molecular formula is C28H39NO7Si. The third kappa shape index (κ3) is 4.30. The molecular weight excluding hydrogens is 490 g/mol. The van der Waals surface area contributed by atoms with Gasteiger partial charge >= 0.3 is 0 Å². The highest BCUT2D eigenvalue weighted by Gasteiger charge is 2.76. The van der Waals surface area contributed by atoms with Crippen molar-refractivity contribution >= 4 is 20.0 Å². The molecule has 37 heavy (non-hydrogen) atoms. The van der Waals surface area contributed by atoms with E-state index in [1.165, 1.54) is 7.11 Å². The lowest BCUT2D eigenvalue weighted by atomic mass is 9.84. The van der Waals surface area contributed by atoms with Gasteiger partial charge in [0.25, 0.3) is 11.5 Å². The van der Waals surface area contributed by atoms with Crippen molar-refractivity contribution in [2.75, 3.05) is 7.11 Å². The van der Waals surface area contributed by atoms with Gasteiger partial charge in [-0.3, -0.25) is 9.59 Å². The number of hydrogen-bond acceptors (Lipinski definition) is 7. The molecule has 9 heteroatoms. The summed E-state index contributed by atoms with van der Waals surface area (Å²) in [5.74, 6) is -0.817. The maximum Gasteiger partial charge on any atom is 0.277 e. The van der Waals surface area contributed by atoms with E-state index < -0.39 is 49.6 Å². The second kappa shape index (κ2) is 10.5. The van der Waals surface area contributed by atoms with Gasteiger partial charge in [-0.2, -0.15) is 0 Å². The SMILES string of the molecule is CC/C=C\[C@H]1O[C@H]1C1=C(C)C(=O)[C@]2(O1)C(=O)N[C@@](OC)(C(O)c1ccccc1)[C@@H]2O[Si](CC)(CC)CC. The van der Waals surface area contributed by atoms with Crippen LogP contribution in [-0.2, 0) is 28.2 Å². The third-order valence-electron chi connectivity index (χ3n) is 8.23. The first kappa shape index (κ1) is 27.7. The van der Waals surface area contributed by atoms with Crippen molar-refractivity contribution in [1.82, 2.24) is 5.32 Å². The molecule has 0 radical (unpaired) electrons. The summed E-state index contributed by atoms with van der Waals surface area (Å²) >= 11 is 0. The molecule has 2 saturated heterocycles. The minimum atomic E-state index is -2.45. The minimum Gasteiger partial charge on any atom is -0.467 e. The number of amides is 1. The number of rotatable bonds is 11. The highest BCUT2D eigenvalue weighted by molar-refractivity contribution is 6.73. The van der Waals surface area contributed by atoms with E-state index in [0.717, 1.165) is 24.6 Å². The molecule has 2 fully saturated rings. The molecule has 202 valence electrons. The molecule has 0 aliphatic carbocycles. The summed E-state index contributed by atoms with van der Waals surface area (Å²) in [5, 5.41) is 14.5. The Morgan fingerprint density at radius 2 is 1.78 bits per heavy atom. The predicted octanol–water partition coefficient (Wildman–Crippen LogP) is 3.93. The molecule has 1 unspecified atom stereocenters. The number of Topliss-reactive ketones (excluding diaryl/α,β-unsaturated/α-hetero) is 1. The van der Waals surface area contributed by atoms with Crippen LogP contribution >= 0.6 is 0 Å². The van der Waals surface area contributed by atoms with E-state index in [9.17, 15) is 14.7 Å². The van der Waals surface area contributed by atoms with E-state index >= 15 is 0 Å². The van der Waals surface area contributed by atoms with E-state index in [2.05, 4.69) is 26.1 Å². The van der Waals surface area contributed by atoms with Gasteiger partial charge in [0.15, 0.2) is 14.4 Å². The van der Waals surface area contributed by atoms with Crippen molar-refractivity contribution in [1.29, 1.82) is 0 Å². The molecule has 1 aromatic carbocycles. The first-order chi connectivity index (χ1) is 17.7. The van der Waals surface area contributed by atoms with Crippen LogP contribution in [0.4, 0.5) is 0 Å². The van der Waals surface area contributed by atoms with Gasteiger partial charge < -0.3 is 29.1 Å². The number of nitrogens with one attached hydrogen (secondary N) is 1. The Hall–Kier alpha value is -2.30. The molecule has 3 aliphatic heterocycles. The number of benzene rings is 1. The van der Waals surface area contributed by atoms with E-state index in [1.807, 2.05) is 25.1 Å². The van der Waals surface area contributed by atoms with Gasteiger partial charge in [-0.25, -0.2) is 0 Å². The van der Waals surface area contributed by atoms with Crippen LogP contribution in [0.15, 0.2) is 53.8 Å². The van der Waals surface area contributed by atoms with Crippen LogP contribution < -0.4 is 5.32 Å². The summed E-state index contributed by atoms with van der Waals surface area (Å²) in [5.41, 5.74) is -2.90. The Bertz CT molecular complexity index is 1080. The number of aliphatic hydroxyl groups is 1. The average Bonchev–Trinajstić information content (AvgIpc) is 3.60. The molecule has 3 aliphatic rings. The van der Waals surface area contributed by atoms with Gasteiger partial charge in [0, 0.05) is 12.7 Å². The standard InChI is InChI=1S/C28H39NO7Si/c1-7-11-17-20-22(34-20)21-18(5)23(30)27(35-21)25(36-37(8-2,9-3)10-4)28(33-6,29-26(27)32)24(31)19-15-13-12-14-16-19/h11-17,20,22,24-25,31H,7-10H2,1-6H3,(H,29,32)/b17-11-/t20-,22-,24?,25-,27-,28-/m1/s1. The largest absolute Gasteiger partial charge is 0.467 e. The number of ether oxygens (including phenoxy) is 3. The fourth-order valence-corrected chi connectivity index (χ4v) is 8.41. The number of methoxy groups -OCH3 is 1. The Balaban J connectivity index is 1.82. The molecule has 8 nitrogen and oxygen atoms in total. The molecule has 2 N–H and O–H groups in total. The Morgan fingerprint density at radius 3 is 2.35 bits per heavy atom. The van der Waals surface area contributed by atoms with Gasteiger partial charge in [-0.1, -0.05) is 70.2 Å². The van der Waals surface area contributed by atoms with Crippen LogP contribution in [0.1, 0.15) is 52.7 Å². The van der Waals surface area contributed by atoms with Crippen molar-refractivity contribution in [3.63, 3.8) is 0 Å². The number of allylic oxidation sites excluding steroid dienone is 1. The molecule has 1 amide bonds. The van der Waals surface area contributed by atoms with Gasteiger partial charge in [-0.15, -0.1) is 0 Å². The fraction of sp³-hybridized carbons (Fsp3) is 0.571. The topological polar surface area (TPSA) is 107 Å². The molecule has 6 atom stereocenters. The zero-order valence-corrected chi connectivity index (χ0v) is 23.6. The highest BCUT2D eigenvalue weighted by Crippen LogP contribution is 2.51. The Labute approximate surface area is 220 Å². The lowest BCUT2D eigenvalue weighted by Gasteiger charge is -2.44. The lowest BCUT2D eigenvalue weighted by molar-refractivity contribution is -0.192. The number of hydrogen-bond donors (Lipinski definition) is 2. The van der Waals surface area contributed by atoms with E-state index in [-0.39, 0.29) is 6.10 Å². The van der Waals surface area contributed by atoms with Crippen LogP contribution in [0.3, 0.4) is 0 Å². The highest BCUT2D eigenvalue weighted by atomic mass is 28.4. The lowest BCUT2D eigenvalue weighted by Crippen LogP contribution is -2.63. The molecule has 0 aromatic heterocycles. The number of carbonyl (C=O) groups is 2. The molecule has 1 spiro atoms. The van der Waals surface area contributed by atoms with Crippen LogP contribution in [0.25, 0.3) is 0 Å². The van der Waals surface area contributed by atoms with Gasteiger partial charge in [-0.05, 0) is 37.0 Å². The first-order valence-corrected chi connectivity index (χ1v) is 15.8. The summed E-state index contributed by atoms with van der Waals surface area (Å²) < 4.78 is 25.0. The minimum absolute atomic E-state index is 0.214. The molecule has 4 rings (SSSR count). The number of ketones is 1. The number of aliphatic hydroxyl groups excluding tert-OH is 1. The maximum atomic E-state index is 14.0. The zero-order valence-electron chi connectivity index (χ0n) is 22.6. The second-order valence-corrected chi connectivity index (χ2v) is 14.7. The number of carbonyl (C=O) groups excluding carboxylic acids is 2. The molecule has 0 saturated carbocycles. The molecule has 1 aromatic rings. The Morgan fingerprint density at radius 1 is 1.14 bits per heavy atom. The monoisotopic (exact) mass is 529 g/mol. The second-order valence-electron chi connectivity index (χ2n) is 10.0. The van der Waals surface area contributed by atoms with Crippen molar-refractivity contribution in [2.24, 2.45) is 0 Å². The van der Waals surface area contributed by atoms with Gasteiger partial charge in [0.1, 0.15) is 24.1 Å². The Kier molecular flexibility index (Phi) is 7.83. The summed E-state index contributed by atoms with van der Waals surface area (Å²) in [7, 11) is -1.04. The summed E-state index contributed by atoms with van der Waals surface area (Å²) in [6.45, 7) is 9.87. The maximum absolute atomic E-state index is 14.0. The summed E-state index contributed by atoms with van der Waals surface area (Å²) in [6.07, 6.45) is 1.60. The molecule has 0 bridgehead atoms. The molecule has 3 heterocycles. The number of epoxide rings is 1. The van der Waals surface area contributed by atoms with Crippen molar-refractivity contribution in [2.45, 2.75) is 94.9 Å². The van der Waals surface area contributed by atoms with E-state index in [1.54, 1.807) is 31.2 Å². The third-order valence-corrected chi connectivity index (χ3v) is 12.8. The van der Waals surface area contributed by atoms with Crippen molar-refractivity contribution in [3.8, 4) is 0 Å². The van der Waals surface area contributed by atoms with Crippen LogP contribution in [0, 0.1) is 0 Å². The van der Waals surface area contributed by atoms with Crippen LogP contribution in [-0.4, -0.2) is 61.9 Å². The predicted molar refractivity (Wildman–Crippen MR) is 141 cm³/mol. The summed E-state index contributed by atoms with van der Waals surface area (Å²) in [4.78, 5) is 27.9. The quantitative estimate of drug-likeness (QED) is 0.194. The van der Waals surface area contributed by atoms with Crippen molar-refractivity contribution in [3.05, 3.63) is 59.4 Å². The summed E-state index contributed by atoms with van der Waals surface area (Å²) in [6, 6.07) is 11.2. The average molecular weight is 530 g/mol. The smallest absolute Gasteiger partial charge is 0.277 e. The van der Waals surface area contributed by atoms with E-state index in [4.69, 9.17) is 18.6 Å². The van der Waals surface area contributed by atoms with E-state index in [0.29, 0.717) is 16.9 Å². The normalized spacial score (nSPS) is 32.4. The first-order valence-electron chi connectivity index (χ1n) is 13.2. The van der Waals surface area contributed by atoms with Gasteiger partial charge in [0.2, 0.25) is 11.5 Å². The zero-order chi connectivity index (χ0) is 27.0. The fourth-order valence-electron chi connectivity index (χ4n) is 5.57. The van der Waals surface area contributed by atoms with Crippen LogP contribution in [0.2, 0.25) is 18.1 Å².